The van der Waals surface area contributed by atoms with Crippen LogP contribution in [0.25, 0.3) is 0 Å². The summed E-state index contributed by atoms with van der Waals surface area (Å²) in [5.74, 6) is -0.633. The van der Waals surface area contributed by atoms with Crippen LogP contribution in [0, 0.1) is 5.95 Å². The predicted octanol–water partition coefficient (Wildman–Crippen LogP) is 0.216. The van der Waals surface area contributed by atoms with E-state index < -0.39 is 12.0 Å². The van der Waals surface area contributed by atoms with Crippen LogP contribution in [0.4, 0.5) is 14.9 Å². The molecule has 1 heterocycles. The van der Waals surface area contributed by atoms with Crippen LogP contribution in [-0.2, 0) is 0 Å². The first kappa shape index (κ1) is 8.25. The lowest BCUT2D eigenvalue weighted by Crippen LogP contribution is -2.34. The Morgan fingerprint density at radius 1 is 1.67 bits per heavy atom. The van der Waals surface area contributed by atoms with Gasteiger partial charge in [-0.15, -0.1) is 0 Å². The van der Waals surface area contributed by atoms with Crippen molar-refractivity contribution in [3.05, 3.63) is 24.3 Å². The Bertz CT molecular complexity index is 291. The summed E-state index contributed by atoms with van der Waals surface area (Å²) >= 11 is 0. The van der Waals surface area contributed by atoms with Crippen molar-refractivity contribution in [2.75, 3.05) is 5.43 Å². The number of nitrogens with zero attached hydrogens (tertiary/aromatic N) is 1. The van der Waals surface area contributed by atoms with Crippen LogP contribution in [0.2, 0.25) is 0 Å². The number of pyridine rings is 1. The molecule has 1 rings (SSSR count). The zero-order chi connectivity index (χ0) is 8.97. The van der Waals surface area contributed by atoms with Crippen molar-refractivity contribution in [2.45, 2.75) is 0 Å². The number of amides is 2. The zero-order valence-electron chi connectivity index (χ0n) is 6.04. The van der Waals surface area contributed by atoms with E-state index in [1.165, 1.54) is 12.3 Å². The van der Waals surface area contributed by atoms with E-state index in [2.05, 4.69) is 15.8 Å². The average molecular weight is 170 g/mol. The Labute approximate surface area is 67.8 Å². The third-order valence-corrected chi connectivity index (χ3v) is 1.06. The second-order valence-corrected chi connectivity index (χ2v) is 1.98. The molecule has 6 heteroatoms. The summed E-state index contributed by atoms with van der Waals surface area (Å²) in [5.41, 5.74) is 9.60. The third kappa shape index (κ3) is 2.41. The number of halogens is 1. The van der Waals surface area contributed by atoms with Gasteiger partial charge in [0.25, 0.3) is 0 Å². The van der Waals surface area contributed by atoms with E-state index in [0.29, 0.717) is 5.69 Å². The molecular formula is C6H7FN4O. The van der Waals surface area contributed by atoms with E-state index in [-0.39, 0.29) is 0 Å². The molecule has 1 aromatic heterocycles. The van der Waals surface area contributed by atoms with Crippen LogP contribution >= 0.6 is 0 Å². The van der Waals surface area contributed by atoms with E-state index in [9.17, 15) is 9.18 Å². The maximum Gasteiger partial charge on any atom is 0.330 e. The van der Waals surface area contributed by atoms with E-state index in [1.807, 2.05) is 0 Å². The number of urea groups is 1. The number of hydrazine groups is 1. The Hall–Kier alpha value is -1.85. The van der Waals surface area contributed by atoms with Crippen molar-refractivity contribution in [3.8, 4) is 0 Å². The van der Waals surface area contributed by atoms with Gasteiger partial charge in [0.15, 0.2) is 0 Å². The van der Waals surface area contributed by atoms with E-state index in [0.717, 1.165) is 6.07 Å². The molecule has 0 radical (unpaired) electrons. The van der Waals surface area contributed by atoms with Gasteiger partial charge in [-0.25, -0.2) is 9.78 Å². The van der Waals surface area contributed by atoms with Crippen molar-refractivity contribution >= 4 is 11.7 Å². The summed E-state index contributed by atoms with van der Waals surface area (Å²) in [5, 5.41) is 0. The molecule has 2 amide bonds. The maximum atomic E-state index is 12.4. The molecule has 5 nitrogen and oxygen atoms in total. The fraction of sp³-hybridized carbons (Fsp3) is 0. The van der Waals surface area contributed by atoms with Crippen LogP contribution < -0.4 is 16.6 Å². The summed E-state index contributed by atoms with van der Waals surface area (Å²) in [6.07, 6.45) is 1.26. The monoisotopic (exact) mass is 170 g/mol. The number of hydrogen-bond acceptors (Lipinski definition) is 3. The molecule has 0 spiro atoms. The number of carbonyl (C=O) groups is 1. The van der Waals surface area contributed by atoms with E-state index >= 15 is 0 Å². The minimum atomic E-state index is -0.743. The molecule has 0 fully saturated rings. The maximum absolute atomic E-state index is 12.4. The van der Waals surface area contributed by atoms with Gasteiger partial charge >= 0.3 is 6.03 Å². The molecule has 0 aromatic carbocycles. The van der Waals surface area contributed by atoms with Gasteiger partial charge in [-0.05, 0) is 6.07 Å². The first-order valence-electron chi connectivity index (χ1n) is 3.11. The van der Waals surface area contributed by atoms with Crippen LogP contribution in [0.5, 0.6) is 0 Å². The number of nitrogens with one attached hydrogen (secondary N) is 2. The molecule has 0 aliphatic carbocycles. The minimum absolute atomic E-state index is 0.376. The second-order valence-electron chi connectivity index (χ2n) is 1.98. The Balaban J connectivity index is 2.57. The van der Waals surface area contributed by atoms with Crippen molar-refractivity contribution in [2.24, 2.45) is 5.73 Å². The third-order valence-electron chi connectivity index (χ3n) is 1.06. The molecule has 0 saturated carbocycles. The molecule has 0 unspecified atom stereocenters. The quantitative estimate of drug-likeness (QED) is 0.438. The highest BCUT2D eigenvalue weighted by atomic mass is 19.1. The number of carbonyl (C=O) groups excluding carboxylic acids is 1. The first-order chi connectivity index (χ1) is 5.68. The first-order valence-corrected chi connectivity index (χ1v) is 3.11. The highest BCUT2D eigenvalue weighted by molar-refractivity contribution is 5.73. The molecule has 12 heavy (non-hydrogen) atoms. The summed E-state index contributed by atoms with van der Waals surface area (Å²) in [4.78, 5) is 13.5. The number of primary amides is 1. The van der Waals surface area contributed by atoms with Crippen LogP contribution in [0.1, 0.15) is 0 Å². The molecule has 0 atom stereocenters. The predicted molar refractivity (Wildman–Crippen MR) is 40.5 cm³/mol. The van der Waals surface area contributed by atoms with Gasteiger partial charge in [-0.2, -0.15) is 4.39 Å². The number of hydrogen-bond donors (Lipinski definition) is 3. The summed E-state index contributed by atoms with van der Waals surface area (Å²) in [7, 11) is 0. The van der Waals surface area contributed by atoms with Crippen molar-refractivity contribution in [3.63, 3.8) is 0 Å². The van der Waals surface area contributed by atoms with Crippen LogP contribution in [0.3, 0.4) is 0 Å². The van der Waals surface area contributed by atoms with Gasteiger partial charge < -0.3 is 5.73 Å². The lowest BCUT2D eigenvalue weighted by atomic mass is 10.4. The van der Waals surface area contributed by atoms with Gasteiger partial charge in [0.2, 0.25) is 5.95 Å². The molecule has 0 aliphatic rings. The van der Waals surface area contributed by atoms with E-state index in [4.69, 9.17) is 5.73 Å². The van der Waals surface area contributed by atoms with Gasteiger partial charge in [-0.1, -0.05) is 0 Å². The van der Waals surface area contributed by atoms with Crippen molar-refractivity contribution < 1.29 is 9.18 Å². The fourth-order valence-electron chi connectivity index (χ4n) is 0.614. The molecular weight excluding hydrogens is 163 g/mol. The average Bonchev–Trinajstić information content (AvgIpc) is 2.01. The Morgan fingerprint density at radius 2 is 2.42 bits per heavy atom. The molecule has 64 valence electrons. The lowest BCUT2D eigenvalue weighted by molar-refractivity contribution is 0.250. The number of rotatable bonds is 2. The van der Waals surface area contributed by atoms with Crippen LogP contribution in [-0.4, -0.2) is 11.0 Å². The minimum Gasteiger partial charge on any atom is -0.350 e. The number of aromatic nitrogens is 1. The summed E-state index contributed by atoms with van der Waals surface area (Å²) in [6, 6.07) is 1.86. The number of nitrogens with two attached hydrogens (primary N) is 1. The number of anilines is 1. The molecule has 0 bridgehead atoms. The molecule has 0 aliphatic heterocycles. The second kappa shape index (κ2) is 3.51. The smallest absolute Gasteiger partial charge is 0.330 e. The zero-order valence-corrected chi connectivity index (χ0v) is 6.04. The van der Waals surface area contributed by atoms with Crippen molar-refractivity contribution in [1.29, 1.82) is 0 Å². The summed E-state index contributed by atoms with van der Waals surface area (Å²) in [6.45, 7) is 0. The highest BCUT2D eigenvalue weighted by Crippen LogP contribution is 2.04. The van der Waals surface area contributed by atoms with Gasteiger partial charge in [-0.3, -0.25) is 10.9 Å². The molecule has 4 N–H and O–H groups in total. The normalized spacial score (nSPS) is 9.08. The lowest BCUT2D eigenvalue weighted by Gasteiger charge is -2.04. The largest absolute Gasteiger partial charge is 0.350 e. The standard InChI is InChI=1S/C6H7FN4O/c7-5-3-4(1-2-9-5)10-11-6(8)12/h1-3H,(H,9,10)(H3,8,11,12). The fourth-order valence-corrected chi connectivity index (χ4v) is 0.614. The summed E-state index contributed by atoms with van der Waals surface area (Å²) < 4.78 is 12.4. The SMILES string of the molecule is NC(=O)NNc1ccnc(F)c1. The van der Waals surface area contributed by atoms with Gasteiger partial charge in [0.1, 0.15) is 0 Å². The highest BCUT2D eigenvalue weighted by Gasteiger charge is 1.95. The van der Waals surface area contributed by atoms with Gasteiger partial charge in [0.05, 0.1) is 5.69 Å². The Morgan fingerprint density at radius 3 is 3.00 bits per heavy atom. The molecule has 1 aromatic rings. The molecule has 0 saturated heterocycles. The van der Waals surface area contributed by atoms with Gasteiger partial charge in [0, 0.05) is 12.3 Å². The van der Waals surface area contributed by atoms with Crippen LogP contribution in [0.15, 0.2) is 18.3 Å². The Kier molecular flexibility index (Phi) is 2.42. The van der Waals surface area contributed by atoms with Crippen molar-refractivity contribution in [1.82, 2.24) is 10.4 Å². The van der Waals surface area contributed by atoms with E-state index in [1.54, 1.807) is 0 Å². The topological polar surface area (TPSA) is 80.0 Å².